The Bertz CT molecular complexity index is 653. The molecule has 4 atom stereocenters. The van der Waals surface area contributed by atoms with E-state index >= 15 is 0 Å². The number of carbonyl (C=O) groups excluding carboxylic acids is 1. The van der Waals surface area contributed by atoms with E-state index in [1.165, 1.54) is 0 Å². The third-order valence-corrected chi connectivity index (χ3v) is 5.94. The molecule has 3 fully saturated rings. The Hall–Kier alpha value is -1.88. The van der Waals surface area contributed by atoms with Gasteiger partial charge in [-0.05, 0) is 48.8 Å². The van der Waals surface area contributed by atoms with E-state index in [9.17, 15) is 14.7 Å². The molecular weight excluding hydrogens is 306 g/mol. The molecule has 0 bridgehead atoms. The minimum absolute atomic E-state index is 0.123. The first-order valence-electron chi connectivity index (χ1n) is 8.86. The van der Waals surface area contributed by atoms with E-state index in [1.54, 1.807) is 11.0 Å². The van der Waals surface area contributed by atoms with Crippen molar-refractivity contribution in [3.63, 3.8) is 0 Å². The molecule has 2 aliphatic heterocycles. The van der Waals surface area contributed by atoms with E-state index in [1.807, 2.05) is 18.2 Å². The summed E-state index contributed by atoms with van der Waals surface area (Å²) in [7, 11) is 0. The highest BCUT2D eigenvalue weighted by atomic mass is 16.5. The van der Waals surface area contributed by atoms with Gasteiger partial charge in [-0.25, -0.2) is 4.79 Å². The molecule has 1 aliphatic carbocycles. The zero-order valence-electron chi connectivity index (χ0n) is 13.7. The molecule has 5 nitrogen and oxygen atoms in total. The summed E-state index contributed by atoms with van der Waals surface area (Å²) in [5.74, 6) is -0.194. The highest BCUT2D eigenvalue weighted by molar-refractivity contribution is 5.97. The zero-order valence-corrected chi connectivity index (χ0v) is 13.7. The van der Waals surface area contributed by atoms with Crippen molar-refractivity contribution in [2.24, 2.45) is 11.8 Å². The Balaban J connectivity index is 1.59. The van der Waals surface area contributed by atoms with Gasteiger partial charge in [-0.1, -0.05) is 18.6 Å². The number of rotatable bonds is 3. The van der Waals surface area contributed by atoms with Gasteiger partial charge in [-0.15, -0.1) is 0 Å². The molecule has 3 aliphatic rings. The number of carbonyl (C=O) groups is 2. The summed E-state index contributed by atoms with van der Waals surface area (Å²) in [6, 6.07) is 6.99. The number of nitrogens with zero attached hydrogens (tertiary/aromatic N) is 1. The highest BCUT2D eigenvalue weighted by Gasteiger charge is 2.49. The molecule has 1 aromatic rings. The summed E-state index contributed by atoms with van der Waals surface area (Å²) in [4.78, 5) is 26.3. The number of aliphatic carboxylic acids is 1. The number of hydrogen-bond donors (Lipinski definition) is 1. The molecule has 1 amide bonds. The molecular formula is C19H23NO4. The second-order valence-electron chi connectivity index (χ2n) is 7.28. The van der Waals surface area contributed by atoms with Gasteiger partial charge in [0, 0.05) is 24.6 Å². The van der Waals surface area contributed by atoms with Gasteiger partial charge in [-0.3, -0.25) is 4.79 Å². The molecule has 1 N–H and O–H groups in total. The molecule has 0 radical (unpaired) electrons. The van der Waals surface area contributed by atoms with Gasteiger partial charge in [0.2, 0.25) is 0 Å². The first-order chi connectivity index (χ1) is 11.6. The number of hydrogen-bond acceptors (Lipinski definition) is 3. The van der Waals surface area contributed by atoms with Gasteiger partial charge < -0.3 is 14.7 Å². The summed E-state index contributed by atoms with van der Waals surface area (Å²) >= 11 is 0. The normalized spacial score (nSPS) is 32.1. The van der Waals surface area contributed by atoms with Crippen molar-refractivity contribution in [2.75, 3.05) is 19.8 Å². The first-order valence-corrected chi connectivity index (χ1v) is 8.86. The Morgan fingerprint density at radius 2 is 2.08 bits per heavy atom. The summed E-state index contributed by atoms with van der Waals surface area (Å²) in [5.41, 5.74) is 1.72. The molecule has 2 saturated heterocycles. The Kier molecular flexibility index (Phi) is 4.04. The van der Waals surface area contributed by atoms with Crippen LogP contribution in [0.4, 0.5) is 0 Å². The molecule has 1 aromatic carbocycles. The molecule has 0 aromatic heterocycles. The summed E-state index contributed by atoms with van der Waals surface area (Å²) in [6.45, 7) is 2.04. The lowest BCUT2D eigenvalue weighted by atomic mass is 9.94. The fourth-order valence-corrected chi connectivity index (χ4v) is 4.72. The van der Waals surface area contributed by atoms with Crippen molar-refractivity contribution >= 4 is 11.9 Å². The van der Waals surface area contributed by atoms with Gasteiger partial charge in [-0.2, -0.15) is 0 Å². The minimum atomic E-state index is -0.863. The summed E-state index contributed by atoms with van der Waals surface area (Å²) in [5, 5.41) is 9.64. The fourth-order valence-electron chi connectivity index (χ4n) is 4.72. The SMILES string of the molecule is O=C(O)C1C2CCCC2CN1C(=O)c1cccc(C2CCOC2)c1. The number of carboxylic acid groups (broad SMARTS) is 1. The number of ether oxygens (including phenoxy) is 1. The van der Waals surface area contributed by atoms with Gasteiger partial charge in [0.15, 0.2) is 0 Å². The maximum absolute atomic E-state index is 13.0. The maximum atomic E-state index is 13.0. The Morgan fingerprint density at radius 1 is 1.21 bits per heavy atom. The van der Waals surface area contributed by atoms with Crippen molar-refractivity contribution in [3.8, 4) is 0 Å². The zero-order chi connectivity index (χ0) is 16.7. The van der Waals surface area contributed by atoms with E-state index in [4.69, 9.17) is 4.74 Å². The van der Waals surface area contributed by atoms with Crippen LogP contribution in [-0.4, -0.2) is 47.7 Å². The maximum Gasteiger partial charge on any atom is 0.326 e. The fraction of sp³-hybridized carbons (Fsp3) is 0.579. The van der Waals surface area contributed by atoms with Crippen LogP contribution in [0.25, 0.3) is 0 Å². The molecule has 1 saturated carbocycles. The van der Waals surface area contributed by atoms with Crippen molar-refractivity contribution < 1.29 is 19.4 Å². The Labute approximate surface area is 141 Å². The van der Waals surface area contributed by atoms with E-state index < -0.39 is 12.0 Å². The van der Waals surface area contributed by atoms with Gasteiger partial charge in [0.25, 0.3) is 5.91 Å². The quantitative estimate of drug-likeness (QED) is 0.925. The van der Waals surface area contributed by atoms with E-state index in [0.29, 0.717) is 30.6 Å². The monoisotopic (exact) mass is 329 g/mol. The molecule has 5 heteroatoms. The van der Waals surface area contributed by atoms with Crippen molar-refractivity contribution in [2.45, 2.75) is 37.6 Å². The van der Waals surface area contributed by atoms with Crippen LogP contribution in [0.2, 0.25) is 0 Å². The molecule has 128 valence electrons. The van der Waals surface area contributed by atoms with Crippen LogP contribution in [-0.2, 0) is 9.53 Å². The largest absolute Gasteiger partial charge is 0.480 e. The third kappa shape index (κ3) is 2.61. The second kappa shape index (κ2) is 6.20. The number of benzene rings is 1. The van der Waals surface area contributed by atoms with Crippen molar-refractivity contribution in [1.82, 2.24) is 4.90 Å². The predicted octanol–water partition coefficient (Wildman–Crippen LogP) is 2.52. The van der Waals surface area contributed by atoms with Crippen LogP contribution in [0.3, 0.4) is 0 Å². The van der Waals surface area contributed by atoms with Gasteiger partial charge >= 0.3 is 5.97 Å². The second-order valence-corrected chi connectivity index (χ2v) is 7.28. The first kappa shape index (κ1) is 15.6. The molecule has 4 unspecified atom stereocenters. The standard InChI is InChI=1S/C19H23NO4/c21-18(13-4-1-3-12(9-13)15-7-8-24-11-15)20-10-14-5-2-6-16(14)17(20)19(22)23/h1,3-4,9,14-17H,2,5-8,10-11H2,(H,22,23). The third-order valence-electron chi connectivity index (χ3n) is 5.94. The molecule has 0 spiro atoms. The number of carboxylic acids is 1. The van der Waals surface area contributed by atoms with Crippen molar-refractivity contribution in [3.05, 3.63) is 35.4 Å². The van der Waals surface area contributed by atoms with E-state index in [0.717, 1.165) is 37.9 Å². The van der Waals surface area contributed by atoms with Gasteiger partial charge in [0.05, 0.1) is 6.61 Å². The average Bonchev–Trinajstić information content (AvgIpc) is 3.30. The van der Waals surface area contributed by atoms with Crippen molar-refractivity contribution in [1.29, 1.82) is 0 Å². The van der Waals surface area contributed by atoms with Crippen LogP contribution >= 0.6 is 0 Å². The van der Waals surface area contributed by atoms with Crippen LogP contribution < -0.4 is 0 Å². The van der Waals surface area contributed by atoms with E-state index in [-0.39, 0.29) is 11.8 Å². The number of fused-ring (bicyclic) bond motifs is 1. The summed E-state index contributed by atoms with van der Waals surface area (Å²) < 4.78 is 5.44. The number of likely N-dealkylation sites (tertiary alicyclic amines) is 1. The highest BCUT2D eigenvalue weighted by Crippen LogP contribution is 2.42. The van der Waals surface area contributed by atoms with Crippen LogP contribution in [0.15, 0.2) is 24.3 Å². The lowest BCUT2D eigenvalue weighted by molar-refractivity contribution is -0.142. The summed E-state index contributed by atoms with van der Waals surface area (Å²) in [6.07, 6.45) is 4.02. The van der Waals surface area contributed by atoms with E-state index in [2.05, 4.69) is 0 Å². The smallest absolute Gasteiger partial charge is 0.326 e. The van der Waals surface area contributed by atoms with Crippen LogP contribution in [0, 0.1) is 11.8 Å². The minimum Gasteiger partial charge on any atom is -0.480 e. The number of amides is 1. The average molecular weight is 329 g/mol. The van der Waals surface area contributed by atoms with Crippen LogP contribution in [0.5, 0.6) is 0 Å². The Morgan fingerprint density at radius 3 is 2.83 bits per heavy atom. The predicted molar refractivity (Wildman–Crippen MR) is 87.9 cm³/mol. The lowest BCUT2D eigenvalue weighted by Gasteiger charge is -2.24. The lowest BCUT2D eigenvalue weighted by Crippen LogP contribution is -2.43. The molecule has 4 rings (SSSR count). The molecule has 2 heterocycles. The van der Waals surface area contributed by atoms with Crippen LogP contribution in [0.1, 0.15) is 47.5 Å². The molecule has 24 heavy (non-hydrogen) atoms. The topological polar surface area (TPSA) is 66.8 Å². The van der Waals surface area contributed by atoms with Gasteiger partial charge in [0.1, 0.15) is 6.04 Å².